The fourth-order valence-corrected chi connectivity index (χ4v) is 5.76. The van der Waals surface area contributed by atoms with E-state index in [2.05, 4.69) is 10.2 Å². The van der Waals surface area contributed by atoms with E-state index in [-0.39, 0.29) is 17.7 Å². The Labute approximate surface area is 184 Å². The number of hydrogen-bond donors (Lipinski definition) is 1. The molecule has 31 heavy (non-hydrogen) atoms. The van der Waals surface area contributed by atoms with E-state index in [1.54, 1.807) is 24.3 Å². The summed E-state index contributed by atoms with van der Waals surface area (Å²) >= 11 is 0. The van der Waals surface area contributed by atoms with Gasteiger partial charge in [0.1, 0.15) is 0 Å². The van der Waals surface area contributed by atoms with Gasteiger partial charge in [0.05, 0.1) is 11.4 Å². The van der Waals surface area contributed by atoms with E-state index in [1.165, 1.54) is 4.31 Å². The van der Waals surface area contributed by atoms with Crippen LogP contribution >= 0.6 is 0 Å². The van der Waals surface area contributed by atoms with Crippen LogP contribution in [0.3, 0.4) is 0 Å². The molecule has 2 aliphatic heterocycles. The van der Waals surface area contributed by atoms with Crippen LogP contribution in [0.15, 0.2) is 29.2 Å². The summed E-state index contributed by atoms with van der Waals surface area (Å²) in [4.78, 5) is 29.2. The summed E-state index contributed by atoms with van der Waals surface area (Å²) in [6, 6.07) is 7.27. The van der Waals surface area contributed by atoms with Crippen molar-refractivity contribution in [2.45, 2.75) is 43.5 Å². The number of nitrogens with zero attached hydrogens (tertiary/aromatic N) is 3. The molecular weight excluding hydrogens is 416 g/mol. The van der Waals surface area contributed by atoms with Crippen LogP contribution in [0.25, 0.3) is 0 Å². The Morgan fingerprint density at radius 3 is 2.13 bits per heavy atom. The Bertz CT molecular complexity index is 898. The van der Waals surface area contributed by atoms with Gasteiger partial charge in [-0.1, -0.05) is 17.7 Å². The number of sulfonamides is 1. The van der Waals surface area contributed by atoms with E-state index < -0.39 is 10.0 Å². The van der Waals surface area contributed by atoms with Crippen LogP contribution in [-0.2, 0) is 19.6 Å². The van der Waals surface area contributed by atoms with Gasteiger partial charge in [-0.3, -0.25) is 14.5 Å². The molecule has 4 rings (SSSR count). The summed E-state index contributed by atoms with van der Waals surface area (Å²) in [5.41, 5.74) is 1.02. The molecule has 8 nitrogen and oxygen atoms in total. The lowest BCUT2D eigenvalue weighted by molar-refractivity contribution is -0.138. The average molecular weight is 449 g/mol. The average Bonchev–Trinajstić information content (AvgIpc) is 3.58. The summed E-state index contributed by atoms with van der Waals surface area (Å²) < 4.78 is 27.2. The number of hydrogen-bond acceptors (Lipinski definition) is 5. The van der Waals surface area contributed by atoms with Crippen LogP contribution in [0.5, 0.6) is 0 Å². The van der Waals surface area contributed by atoms with Crippen molar-refractivity contribution in [3.05, 3.63) is 29.8 Å². The van der Waals surface area contributed by atoms with Gasteiger partial charge in [0, 0.05) is 51.2 Å². The van der Waals surface area contributed by atoms with E-state index >= 15 is 0 Å². The van der Waals surface area contributed by atoms with Gasteiger partial charge in [0.15, 0.2) is 0 Å². The SMILES string of the molecule is Cc1ccc(S(=O)(=O)N2CCC(C(=O)N3CCN(CC(=O)NC4CC4)CC3)CC2)cc1. The fourth-order valence-electron chi connectivity index (χ4n) is 4.29. The Kier molecular flexibility index (Phi) is 6.64. The number of piperidine rings is 1. The summed E-state index contributed by atoms with van der Waals surface area (Å²) in [6.45, 7) is 5.70. The zero-order valence-corrected chi connectivity index (χ0v) is 18.9. The maximum atomic E-state index is 13.0. The monoisotopic (exact) mass is 448 g/mol. The van der Waals surface area contributed by atoms with E-state index in [0.717, 1.165) is 18.4 Å². The lowest BCUT2D eigenvalue weighted by atomic mass is 9.96. The number of piperazine rings is 1. The van der Waals surface area contributed by atoms with Crippen LogP contribution in [0, 0.1) is 12.8 Å². The van der Waals surface area contributed by atoms with Gasteiger partial charge in [-0.05, 0) is 44.7 Å². The van der Waals surface area contributed by atoms with Gasteiger partial charge in [0.25, 0.3) is 0 Å². The summed E-state index contributed by atoms with van der Waals surface area (Å²) in [5.74, 6) is 0.0630. The molecule has 1 aliphatic carbocycles. The van der Waals surface area contributed by atoms with Gasteiger partial charge in [-0.15, -0.1) is 0 Å². The van der Waals surface area contributed by atoms with Crippen molar-refractivity contribution in [3.63, 3.8) is 0 Å². The molecule has 170 valence electrons. The Balaban J connectivity index is 1.24. The second kappa shape index (κ2) is 9.26. The molecule has 0 aromatic heterocycles. The number of aryl methyl sites for hydroxylation is 1. The van der Waals surface area contributed by atoms with Crippen LogP contribution in [-0.4, -0.2) is 86.2 Å². The molecule has 1 aromatic rings. The first kappa shape index (κ1) is 22.2. The van der Waals surface area contributed by atoms with Crippen LogP contribution in [0.2, 0.25) is 0 Å². The molecule has 0 unspecified atom stereocenters. The van der Waals surface area contributed by atoms with Gasteiger partial charge in [-0.25, -0.2) is 8.42 Å². The quantitative estimate of drug-likeness (QED) is 0.696. The molecule has 3 fully saturated rings. The standard InChI is InChI=1S/C22H32N4O4S/c1-17-2-6-20(7-3-17)31(29,30)26-10-8-18(9-11-26)22(28)25-14-12-24(13-15-25)16-21(27)23-19-4-5-19/h2-3,6-7,18-19H,4-5,8-16H2,1H3,(H,23,27). The van der Waals surface area contributed by atoms with Gasteiger partial charge in [-0.2, -0.15) is 4.31 Å². The van der Waals surface area contributed by atoms with Gasteiger partial charge < -0.3 is 10.2 Å². The molecule has 2 heterocycles. The number of benzene rings is 1. The highest BCUT2D eigenvalue weighted by Crippen LogP contribution is 2.26. The van der Waals surface area contributed by atoms with Crippen LogP contribution < -0.4 is 5.32 Å². The molecular formula is C22H32N4O4S. The summed E-state index contributed by atoms with van der Waals surface area (Å²) in [6.07, 6.45) is 3.26. The third-order valence-corrected chi connectivity index (χ3v) is 8.37. The predicted octanol–water partition coefficient (Wildman–Crippen LogP) is 0.819. The highest BCUT2D eigenvalue weighted by Gasteiger charge is 2.35. The molecule has 1 aromatic carbocycles. The molecule has 1 N–H and O–H groups in total. The van der Waals surface area contributed by atoms with Crippen molar-refractivity contribution in [3.8, 4) is 0 Å². The Morgan fingerprint density at radius 1 is 0.935 bits per heavy atom. The van der Waals surface area contributed by atoms with Gasteiger partial charge in [0.2, 0.25) is 21.8 Å². The molecule has 9 heteroatoms. The van der Waals surface area contributed by atoms with Crippen molar-refractivity contribution in [2.24, 2.45) is 5.92 Å². The third-order valence-electron chi connectivity index (χ3n) is 6.46. The number of amides is 2. The summed E-state index contributed by atoms with van der Waals surface area (Å²) in [5, 5.41) is 3.00. The maximum absolute atomic E-state index is 13.0. The van der Waals surface area contributed by atoms with E-state index in [4.69, 9.17) is 0 Å². The van der Waals surface area contributed by atoms with Crippen molar-refractivity contribution < 1.29 is 18.0 Å². The first-order valence-electron chi connectivity index (χ1n) is 11.2. The van der Waals surface area contributed by atoms with Crippen LogP contribution in [0.1, 0.15) is 31.2 Å². The Hall–Kier alpha value is -1.97. The number of nitrogens with one attached hydrogen (secondary N) is 1. The number of rotatable bonds is 6. The van der Waals surface area contributed by atoms with E-state index in [9.17, 15) is 18.0 Å². The molecule has 0 radical (unpaired) electrons. The lowest BCUT2D eigenvalue weighted by Gasteiger charge is -2.38. The number of carbonyl (C=O) groups excluding carboxylic acids is 2. The second-order valence-corrected chi connectivity index (χ2v) is 10.9. The van der Waals surface area contributed by atoms with E-state index in [1.807, 2.05) is 11.8 Å². The molecule has 2 saturated heterocycles. The van der Waals surface area contributed by atoms with Crippen LogP contribution in [0.4, 0.5) is 0 Å². The fraction of sp³-hybridized carbons (Fsp3) is 0.636. The zero-order valence-electron chi connectivity index (χ0n) is 18.1. The lowest BCUT2D eigenvalue weighted by Crippen LogP contribution is -2.53. The van der Waals surface area contributed by atoms with Crippen molar-refractivity contribution in [1.82, 2.24) is 19.4 Å². The third kappa shape index (κ3) is 5.45. The first-order valence-corrected chi connectivity index (χ1v) is 12.6. The van der Waals surface area contributed by atoms with Crippen molar-refractivity contribution in [2.75, 3.05) is 45.8 Å². The molecule has 1 saturated carbocycles. The van der Waals surface area contributed by atoms with Crippen molar-refractivity contribution in [1.29, 1.82) is 0 Å². The second-order valence-electron chi connectivity index (χ2n) is 8.93. The van der Waals surface area contributed by atoms with Gasteiger partial charge >= 0.3 is 0 Å². The number of carbonyl (C=O) groups is 2. The minimum absolute atomic E-state index is 0.0736. The smallest absolute Gasteiger partial charge is 0.243 e. The minimum atomic E-state index is -3.51. The first-order chi connectivity index (χ1) is 14.8. The molecule has 0 spiro atoms. The largest absolute Gasteiger partial charge is 0.352 e. The highest BCUT2D eigenvalue weighted by molar-refractivity contribution is 7.89. The topological polar surface area (TPSA) is 90.0 Å². The highest BCUT2D eigenvalue weighted by atomic mass is 32.2. The maximum Gasteiger partial charge on any atom is 0.243 e. The molecule has 0 bridgehead atoms. The molecule has 2 amide bonds. The molecule has 0 atom stereocenters. The summed E-state index contributed by atoms with van der Waals surface area (Å²) in [7, 11) is -3.51. The predicted molar refractivity (Wildman–Crippen MR) is 117 cm³/mol. The minimum Gasteiger partial charge on any atom is -0.352 e. The Morgan fingerprint density at radius 2 is 1.55 bits per heavy atom. The van der Waals surface area contributed by atoms with E-state index in [0.29, 0.717) is 69.6 Å². The van der Waals surface area contributed by atoms with Crippen molar-refractivity contribution >= 4 is 21.8 Å². The molecule has 3 aliphatic rings. The zero-order chi connectivity index (χ0) is 22.0. The normalized spacial score (nSPS) is 21.8.